The number of nitrogens with zero attached hydrogens (tertiary/aromatic N) is 1. The molecule has 3 fully saturated rings. The second kappa shape index (κ2) is 6.30. The van der Waals surface area contributed by atoms with Gasteiger partial charge in [0.2, 0.25) is 11.8 Å². The van der Waals surface area contributed by atoms with Gasteiger partial charge in [-0.1, -0.05) is 0 Å². The molecule has 7 heteroatoms. The van der Waals surface area contributed by atoms with E-state index >= 15 is 0 Å². The highest BCUT2D eigenvalue weighted by atomic mass is 19.1. The smallest absolute Gasteiger partial charge is 0.234 e. The van der Waals surface area contributed by atoms with Gasteiger partial charge in [-0.25, -0.2) is 8.78 Å². The average molecular weight is 364 g/mol. The van der Waals surface area contributed by atoms with Gasteiger partial charge >= 0.3 is 0 Å². The van der Waals surface area contributed by atoms with E-state index in [4.69, 9.17) is 0 Å². The van der Waals surface area contributed by atoms with Gasteiger partial charge in [-0.2, -0.15) is 0 Å². The van der Waals surface area contributed by atoms with Crippen LogP contribution in [0.2, 0.25) is 0 Å². The first-order valence-electron chi connectivity index (χ1n) is 9.13. The van der Waals surface area contributed by atoms with Gasteiger partial charge in [0.15, 0.2) is 0 Å². The van der Waals surface area contributed by atoms with E-state index in [2.05, 4.69) is 5.32 Å². The third-order valence-electron chi connectivity index (χ3n) is 6.18. The number of hydrogen-bond acceptors (Lipinski definition) is 4. The summed E-state index contributed by atoms with van der Waals surface area (Å²) in [5.41, 5.74) is 0.416. The number of imide groups is 1. The van der Waals surface area contributed by atoms with Crippen LogP contribution in [-0.4, -0.2) is 36.1 Å². The highest BCUT2D eigenvalue weighted by Gasteiger charge is 2.45. The van der Waals surface area contributed by atoms with Crippen LogP contribution in [0.25, 0.3) is 0 Å². The molecule has 0 bridgehead atoms. The van der Waals surface area contributed by atoms with E-state index in [1.54, 1.807) is 0 Å². The fourth-order valence-corrected chi connectivity index (χ4v) is 4.64. The number of hydrogen-bond donors (Lipinski definition) is 2. The van der Waals surface area contributed by atoms with Gasteiger partial charge < -0.3 is 10.0 Å². The summed E-state index contributed by atoms with van der Waals surface area (Å²) >= 11 is 0. The Balaban J connectivity index is 1.51. The van der Waals surface area contributed by atoms with Crippen LogP contribution < -0.4 is 10.2 Å². The van der Waals surface area contributed by atoms with Gasteiger partial charge in [-0.15, -0.1) is 0 Å². The van der Waals surface area contributed by atoms with Crippen molar-refractivity contribution in [3.8, 4) is 0 Å². The van der Waals surface area contributed by atoms with Gasteiger partial charge in [0.1, 0.15) is 11.6 Å². The topological polar surface area (TPSA) is 69.6 Å². The predicted octanol–water partition coefficient (Wildman–Crippen LogP) is 2.23. The van der Waals surface area contributed by atoms with Gasteiger partial charge in [-0.05, 0) is 49.7 Å². The molecule has 1 aromatic carbocycles. The lowest BCUT2D eigenvalue weighted by Gasteiger charge is -2.51. The molecular weight excluding hydrogens is 342 g/mol. The number of benzene rings is 1. The second-order valence-electron chi connectivity index (χ2n) is 7.88. The fourth-order valence-electron chi connectivity index (χ4n) is 4.64. The minimum absolute atomic E-state index is 0.0805. The third-order valence-corrected chi connectivity index (χ3v) is 6.18. The van der Waals surface area contributed by atoms with E-state index in [0.29, 0.717) is 18.8 Å². The van der Waals surface area contributed by atoms with Crippen molar-refractivity contribution in [1.82, 2.24) is 5.32 Å². The molecule has 1 atom stereocenters. The number of carbonyl (C=O) groups is 2. The average Bonchev–Trinajstić information content (AvgIpc) is 2.55. The molecule has 1 aromatic rings. The number of nitrogens with one attached hydrogen (secondary N) is 1. The molecule has 0 aromatic heterocycles. The van der Waals surface area contributed by atoms with Crippen LogP contribution in [-0.2, 0) is 9.59 Å². The van der Waals surface area contributed by atoms with Crippen molar-refractivity contribution in [2.45, 2.75) is 50.5 Å². The lowest BCUT2D eigenvalue weighted by Crippen LogP contribution is -2.49. The van der Waals surface area contributed by atoms with Crippen LogP contribution >= 0.6 is 0 Å². The zero-order chi connectivity index (χ0) is 18.5. The molecule has 0 unspecified atom stereocenters. The molecule has 2 amide bonds. The maximum Gasteiger partial charge on any atom is 0.234 e. The number of halogens is 2. The van der Waals surface area contributed by atoms with Gasteiger partial charge in [0.05, 0.1) is 12.0 Å². The molecule has 140 valence electrons. The van der Waals surface area contributed by atoms with Crippen molar-refractivity contribution in [3.63, 3.8) is 0 Å². The third kappa shape index (κ3) is 2.98. The van der Waals surface area contributed by atoms with Crippen LogP contribution in [0.4, 0.5) is 14.5 Å². The monoisotopic (exact) mass is 364 g/mol. The van der Waals surface area contributed by atoms with Gasteiger partial charge in [-0.3, -0.25) is 14.9 Å². The molecule has 0 radical (unpaired) electrons. The number of carbonyl (C=O) groups excluding carboxylic acids is 2. The van der Waals surface area contributed by atoms with Crippen LogP contribution in [0, 0.1) is 17.0 Å². The van der Waals surface area contributed by atoms with E-state index < -0.39 is 29.4 Å². The molecule has 2 aliphatic heterocycles. The molecule has 4 rings (SSSR count). The molecule has 1 saturated carbocycles. The summed E-state index contributed by atoms with van der Waals surface area (Å²) in [5.74, 6) is -3.51. The summed E-state index contributed by atoms with van der Waals surface area (Å²) in [4.78, 5) is 25.1. The zero-order valence-electron chi connectivity index (χ0n) is 14.4. The van der Waals surface area contributed by atoms with Crippen LogP contribution in [0.3, 0.4) is 0 Å². The Bertz CT molecular complexity index is 728. The first-order chi connectivity index (χ1) is 12.4. The number of aliphatic hydroxyl groups is 1. The summed E-state index contributed by atoms with van der Waals surface area (Å²) in [6.45, 7) is 1.40. The SMILES string of the molecule is O=C1CC[C@H](c2c(F)cc(N3CCC4(CC3)CC(O)C4)cc2F)C(=O)N1. The maximum absolute atomic E-state index is 14.6. The quantitative estimate of drug-likeness (QED) is 0.790. The van der Waals surface area contributed by atoms with Gasteiger partial charge in [0.25, 0.3) is 0 Å². The van der Waals surface area contributed by atoms with Crippen molar-refractivity contribution >= 4 is 17.5 Å². The fraction of sp³-hybridized carbons (Fsp3) is 0.579. The molecule has 5 nitrogen and oxygen atoms in total. The highest BCUT2D eigenvalue weighted by Crippen LogP contribution is 2.49. The Morgan fingerprint density at radius 1 is 1.12 bits per heavy atom. The van der Waals surface area contributed by atoms with E-state index in [1.165, 1.54) is 12.1 Å². The highest BCUT2D eigenvalue weighted by molar-refractivity contribution is 6.01. The zero-order valence-corrected chi connectivity index (χ0v) is 14.4. The molecular formula is C19H22F2N2O3. The van der Waals surface area contributed by atoms with E-state index in [0.717, 1.165) is 25.7 Å². The number of aliphatic hydroxyl groups excluding tert-OH is 1. The summed E-state index contributed by atoms with van der Waals surface area (Å²) in [5, 5.41) is 11.7. The Hall–Kier alpha value is -2.02. The Morgan fingerprint density at radius 3 is 2.27 bits per heavy atom. The number of rotatable bonds is 2. The predicted molar refractivity (Wildman–Crippen MR) is 90.6 cm³/mol. The van der Waals surface area contributed by atoms with Crippen LogP contribution in [0.5, 0.6) is 0 Å². The number of piperidine rings is 2. The van der Waals surface area contributed by atoms with Crippen molar-refractivity contribution in [1.29, 1.82) is 0 Å². The molecule has 1 spiro atoms. The normalized spacial score (nSPS) is 26.0. The van der Waals surface area contributed by atoms with E-state index in [-0.39, 0.29) is 29.9 Å². The minimum atomic E-state index is -0.970. The lowest BCUT2D eigenvalue weighted by atomic mass is 9.61. The van der Waals surface area contributed by atoms with E-state index in [9.17, 15) is 23.5 Å². The number of anilines is 1. The Kier molecular flexibility index (Phi) is 4.22. The van der Waals surface area contributed by atoms with Crippen molar-refractivity contribution in [2.24, 2.45) is 5.41 Å². The summed E-state index contributed by atoms with van der Waals surface area (Å²) in [6.07, 6.45) is 3.44. The largest absolute Gasteiger partial charge is 0.393 e. The van der Waals surface area contributed by atoms with Crippen LogP contribution in [0.15, 0.2) is 12.1 Å². The van der Waals surface area contributed by atoms with Crippen molar-refractivity contribution in [2.75, 3.05) is 18.0 Å². The molecule has 2 N–H and O–H groups in total. The molecule has 1 aliphatic carbocycles. The second-order valence-corrected chi connectivity index (χ2v) is 7.88. The minimum Gasteiger partial charge on any atom is -0.393 e. The van der Waals surface area contributed by atoms with Gasteiger partial charge in [0, 0.05) is 30.8 Å². The van der Waals surface area contributed by atoms with Crippen molar-refractivity contribution < 1.29 is 23.5 Å². The Labute approximate surface area is 150 Å². The first kappa shape index (κ1) is 17.4. The Morgan fingerprint density at radius 2 is 1.73 bits per heavy atom. The molecule has 2 saturated heterocycles. The maximum atomic E-state index is 14.6. The standard InChI is InChI=1S/C19H22F2N2O3/c20-14-7-11(23-5-3-19(4-6-23)9-12(24)10-19)8-15(21)17(14)13-1-2-16(25)22-18(13)26/h7-8,12-13,24H,1-6,9-10H2,(H,22,25,26)/t13-/m1/s1. The summed E-state index contributed by atoms with van der Waals surface area (Å²) < 4.78 is 29.3. The van der Waals surface area contributed by atoms with Crippen molar-refractivity contribution in [3.05, 3.63) is 29.3 Å². The summed E-state index contributed by atoms with van der Waals surface area (Å²) in [6, 6.07) is 2.57. The lowest BCUT2D eigenvalue weighted by molar-refractivity contribution is -0.134. The summed E-state index contributed by atoms with van der Waals surface area (Å²) in [7, 11) is 0. The molecule has 3 aliphatic rings. The molecule has 26 heavy (non-hydrogen) atoms. The van der Waals surface area contributed by atoms with Crippen LogP contribution in [0.1, 0.15) is 50.0 Å². The molecule has 2 heterocycles. The first-order valence-corrected chi connectivity index (χ1v) is 9.13. The van der Waals surface area contributed by atoms with E-state index in [1.807, 2.05) is 4.90 Å². The number of amides is 2.